The third-order valence-electron chi connectivity index (χ3n) is 6.58. The van der Waals surface area contributed by atoms with Crippen LogP contribution in [0.4, 0.5) is 17.1 Å². The van der Waals surface area contributed by atoms with E-state index in [1.165, 1.54) is 49.7 Å². The lowest BCUT2D eigenvalue weighted by Crippen LogP contribution is -2.30. The first-order valence-electron chi connectivity index (χ1n) is 10.6. The molecular weight excluding hydrogens is 362 g/mol. The Bertz CT molecular complexity index is 1430. The van der Waals surface area contributed by atoms with Gasteiger partial charge in [0, 0.05) is 11.1 Å². The molecule has 0 amide bonds. The van der Waals surface area contributed by atoms with Gasteiger partial charge in [0.05, 0.1) is 11.4 Å². The number of hydrogen-bond donors (Lipinski definition) is 0. The smallest absolute Gasteiger partial charge is 0.0509 e. The van der Waals surface area contributed by atoms with Crippen molar-refractivity contribution < 1.29 is 0 Å². The Labute approximate surface area is 177 Å². The van der Waals surface area contributed by atoms with Crippen LogP contribution in [0.2, 0.25) is 0 Å². The Morgan fingerprint density at radius 1 is 0.567 bits per heavy atom. The SMILES string of the molecule is CC1(C)c2ccccc2N(c2ccc3ccccc3c2)c2ccc3ccccc3c21. The van der Waals surface area contributed by atoms with Gasteiger partial charge in [-0.1, -0.05) is 92.7 Å². The minimum absolute atomic E-state index is 0.0832. The van der Waals surface area contributed by atoms with E-state index in [4.69, 9.17) is 0 Å². The molecule has 6 rings (SSSR count). The monoisotopic (exact) mass is 385 g/mol. The van der Waals surface area contributed by atoms with Gasteiger partial charge in [-0.3, -0.25) is 0 Å². The summed E-state index contributed by atoms with van der Waals surface area (Å²) in [5.74, 6) is 0. The number of hydrogen-bond acceptors (Lipinski definition) is 1. The van der Waals surface area contributed by atoms with E-state index in [1.807, 2.05) is 0 Å². The molecule has 1 aliphatic heterocycles. The van der Waals surface area contributed by atoms with Gasteiger partial charge >= 0.3 is 0 Å². The van der Waals surface area contributed by atoms with Gasteiger partial charge in [-0.05, 0) is 56.9 Å². The summed E-state index contributed by atoms with van der Waals surface area (Å²) in [4.78, 5) is 2.44. The van der Waals surface area contributed by atoms with Gasteiger partial charge in [0.1, 0.15) is 0 Å². The molecule has 0 N–H and O–H groups in total. The zero-order valence-corrected chi connectivity index (χ0v) is 17.3. The van der Waals surface area contributed by atoms with Crippen molar-refractivity contribution in [1.82, 2.24) is 0 Å². The predicted octanol–water partition coefficient (Wildman–Crippen LogP) is 8.10. The average molecular weight is 386 g/mol. The average Bonchev–Trinajstić information content (AvgIpc) is 2.79. The zero-order valence-electron chi connectivity index (χ0n) is 17.3. The molecule has 1 aliphatic rings. The fraction of sp³-hybridized carbons (Fsp3) is 0.103. The highest BCUT2D eigenvalue weighted by Crippen LogP contribution is 2.53. The molecule has 0 aliphatic carbocycles. The van der Waals surface area contributed by atoms with Crippen LogP contribution in [0.25, 0.3) is 21.5 Å². The Kier molecular flexibility index (Phi) is 3.58. The van der Waals surface area contributed by atoms with E-state index in [1.54, 1.807) is 0 Å². The Balaban J connectivity index is 1.71. The molecule has 0 spiro atoms. The maximum absolute atomic E-state index is 2.44. The van der Waals surface area contributed by atoms with Crippen molar-refractivity contribution in [3.05, 3.63) is 114 Å². The van der Waals surface area contributed by atoms with Crippen LogP contribution in [0.15, 0.2) is 103 Å². The fourth-order valence-electron chi connectivity index (χ4n) is 5.16. The summed E-state index contributed by atoms with van der Waals surface area (Å²) in [5.41, 5.74) is 6.41. The van der Waals surface area contributed by atoms with E-state index in [2.05, 4.69) is 122 Å². The van der Waals surface area contributed by atoms with Crippen molar-refractivity contribution in [3.63, 3.8) is 0 Å². The number of fused-ring (bicyclic) bond motifs is 5. The largest absolute Gasteiger partial charge is 0.310 e. The molecule has 144 valence electrons. The minimum Gasteiger partial charge on any atom is -0.310 e. The normalized spacial score (nSPS) is 14.5. The number of nitrogens with zero attached hydrogens (tertiary/aromatic N) is 1. The molecule has 5 aromatic rings. The second-order valence-corrected chi connectivity index (χ2v) is 8.69. The third-order valence-corrected chi connectivity index (χ3v) is 6.58. The highest BCUT2D eigenvalue weighted by molar-refractivity contribution is 5.99. The summed E-state index contributed by atoms with van der Waals surface area (Å²) in [7, 11) is 0. The summed E-state index contributed by atoms with van der Waals surface area (Å²) in [6, 6.07) is 37.5. The number of anilines is 3. The van der Waals surface area contributed by atoms with Gasteiger partial charge in [-0.2, -0.15) is 0 Å². The standard InChI is InChI=1S/C29H23N/c1-29(2)25-13-7-8-14-26(25)30(23-17-15-20-9-3-4-11-22(20)19-23)27-18-16-21-10-5-6-12-24(21)28(27)29/h3-19H,1-2H3. The number of benzene rings is 5. The summed E-state index contributed by atoms with van der Waals surface area (Å²) < 4.78 is 0. The van der Waals surface area contributed by atoms with E-state index >= 15 is 0 Å². The van der Waals surface area contributed by atoms with Crippen LogP contribution in [0.1, 0.15) is 25.0 Å². The van der Waals surface area contributed by atoms with Gasteiger partial charge in [0.2, 0.25) is 0 Å². The van der Waals surface area contributed by atoms with E-state index < -0.39 is 0 Å². The van der Waals surface area contributed by atoms with Crippen LogP contribution < -0.4 is 4.90 Å². The Morgan fingerprint density at radius 3 is 2.10 bits per heavy atom. The summed E-state index contributed by atoms with van der Waals surface area (Å²) in [5, 5.41) is 5.16. The van der Waals surface area contributed by atoms with Gasteiger partial charge in [-0.15, -0.1) is 0 Å². The highest BCUT2D eigenvalue weighted by atomic mass is 15.2. The van der Waals surface area contributed by atoms with E-state index in [0.29, 0.717) is 0 Å². The molecule has 1 nitrogen and oxygen atoms in total. The van der Waals surface area contributed by atoms with Gasteiger partial charge in [-0.25, -0.2) is 0 Å². The summed E-state index contributed by atoms with van der Waals surface area (Å²) in [6.45, 7) is 4.71. The zero-order chi connectivity index (χ0) is 20.3. The van der Waals surface area contributed by atoms with Gasteiger partial charge in [0.15, 0.2) is 0 Å². The highest BCUT2D eigenvalue weighted by Gasteiger charge is 2.37. The molecule has 0 saturated carbocycles. The van der Waals surface area contributed by atoms with Gasteiger partial charge in [0.25, 0.3) is 0 Å². The molecule has 0 bridgehead atoms. The molecule has 5 aromatic carbocycles. The molecule has 0 radical (unpaired) electrons. The van der Waals surface area contributed by atoms with Crippen molar-refractivity contribution >= 4 is 38.6 Å². The van der Waals surface area contributed by atoms with Crippen LogP contribution >= 0.6 is 0 Å². The molecule has 0 saturated heterocycles. The first kappa shape index (κ1) is 17.3. The number of rotatable bonds is 1. The van der Waals surface area contributed by atoms with E-state index in [0.717, 1.165) is 0 Å². The van der Waals surface area contributed by atoms with Crippen LogP contribution in [0.5, 0.6) is 0 Å². The lowest BCUT2D eigenvalue weighted by molar-refractivity contribution is 0.638. The van der Waals surface area contributed by atoms with Crippen molar-refractivity contribution in [2.45, 2.75) is 19.3 Å². The first-order chi connectivity index (χ1) is 14.6. The predicted molar refractivity (Wildman–Crippen MR) is 128 cm³/mol. The molecule has 0 atom stereocenters. The lowest BCUT2D eigenvalue weighted by atomic mass is 9.72. The first-order valence-corrected chi connectivity index (χ1v) is 10.6. The molecule has 0 unspecified atom stereocenters. The Hall–Kier alpha value is -3.58. The molecule has 1 heteroatoms. The van der Waals surface area contributed by atoms with Crippen LogP contribution in [-0.4, -0.2) is 0 Å². The fourth-order valence-corrected chi connectivity index (χ4v) is 5.16. The molecule has 0 fully saturated rings. The van der Waals surface area contributed by atoms with Crippen LogP contribution in [0, 0.1) is 0 Å². The second-order valence-electron chi connectivity index (χ2n) is 8.69. The van der Waals surface area contributed by atoms with Crippen molar-refractivity contribution in [2.24, 2.45) is 0 Å². The lowest BCUT2D eigenvalue weighted by Gasteiger charge is -2.42. The maximum Gasteiger partial charge on any atom is 0.0509 e. The summed E-state index contributed by atoms with van der Waals surface area (Å²) >= 11 is 0. The van der Waals surface area contributed by atoms with Crippen LogP contribution in [-0.2, 0) is 5.41 Å². The summed E-state index contributed by atoms with van der Waals surface area (Å²) in [6.07, 6.45) is 0. The van der Waals surface area contributed by atoms with Crippen molar-refractivity contribution in [3.8, 4) is 0 Å². The molecule has 0 aromatic heterocycles. The number of para-hydroxylation sites is 1. The van der Waals surface area contributed by atoms with Gasteiger partial charge < -0.3 is 4.90 Å². The second kappa shape index (κ2) is 6.21. The minimum atomic E-state index is -0.0832. The topological polar surface area (TPSA) is 3.24 Å². The van der Waals surface area contributed by atoms with Crippen molar-refractivity contribution in [2.75, 3.05) is 4.90 Å². The van der Waals surface area contributed by atoms with Crippen LogP contribution in [0.3, 0.4) is 0 Å². The third kappa shape index (κ3) is 2.35. The molecule has 30 heavy (non-hydrogen) atoms. The van der Waals surface area contributed by atoms with Crippen molar-refractivity contribution in [1.29, 1.82) is 0 Å². The molecular formula is C29H23N. The Morgan fingerprint density at radius 2 is 1.23 bits per heavy atom. The maximum atomic E-state index is 2.44. The quantitative estimate of drug-likeness (QED) is 0.282. The van der Waals surface area contributed by atoms with E-state index in [-0.39, 0.29) is 5.41 Å². The molecule has 1 heterocycles. The van der Waals surface area contributed by atoms with E-state index in [9.17, 15) is 0 Å².